The van der Waals surface area contributed by atoms with Crippen LogP contribution in [0.4, 0.5) is 5.82 Å². The number of halogens is 1. The number of nitrogens with zero attached hydrogens (tertiary/aromatic N) is 2. The van der Waals surface area contributed by atoms with Crippen molar-refractivity contribution < 1.29 is 9.53 Å². The molecule has 1 aliphatic heterocycles. The van der Waals surface area contributed by atoms with E-state index in [2.05, 4.69) is 20.9 Å². The number of hydrogen-bond donors (Lipinski definition) is 1. The molecule has 0 spiro atoms. The zero-order valence-corrected chi connectivity index (χ0v) is 10.9. The molecule has 0 atom stereocenters. The average molecular weight is 300 g/mol. The lowest BCUT2D eigenvalue weighted by atomic mass is 10.2. The van der Waals surface area contributed by atoms with Crippen LogP contribution in [0.3, 0.4) is 0 Å². The fraction of sp³-hybridized carbons (Fsp3) is 0.455. The third kappa shape index (κ3) is 2.76. The maximum absolute atomic E-state index is 11.8. The molecule has 1 amide bonds. The highest BCUT2D eigenvalue weighted by Gasteiger charge is 2.26. The third-order valence-corrected chi connectivity index (χ3v) is 2.99. The number of pyridine rings is 1. The molecule has 1 aromatic rings. The predicted octanol–water partition coefficient (Wildman–Crippen LogP) is 1.31. The van der Waals surface area contributed by atoms with Crippen LogP contribution >= 0.6 is 15.9 Å². The number of hydrogen-bond acceptors (Lipinski definition) is 4. The highest BCUT2D eigenvalue weighted by atomic mass is 79.9. The molecule has 92 valence electrons. The van der Waals surface area contributed by atoms with Gasteiger partial charge >= 0.3 is 0 Å². The molecule has 0 saturated carbocycles. The van der Waals surface area contributed by atoms with Crippen LogP contribution < -0.4 is 15.4 Å². The van der Waals surface area contributed by atoms with Gasteiger partial charge in [0.15, 0.2) is 18.2 Å². The van der Waals surface area contributed by atoms with Gasteiger partial charge in [-0.25, -0.2) is 4.98 Å². The maximum atomic E-state index is 11.8. The molecule has 2 rings (SSSR count). The normalized spacial score (nSPS) is 14.5. The van der Waals surface area contributed by atoms with E-state index in [4.69, 9.17) is 10.5 Å². The highest BCUT2D eigenvalue weighted by Crippen LogP contribution is 2.31. The van der Waals surface area contributed by atoms with Crippen molar-refractivity contribution in [3.63, 3.8) is 0 Å². The molecule has 1 aromatic heterocycles. The Morgan fingerprint density at radius 2 is 2.29 bits per heavy atom. The summed E-state index contributed by atoms with van der Waals surface area (Å²) in [6.07, 6.45) is 1.77. The smallest absolute Gasteiger partial charge is 0.266 e. The largest absolute Gasteiger partial charge is 0.480 e. The molecule has 0 radical (unpaired) electrons. The standard InChI is InChI=1S/C11H14BrN3O2/c12-9-4-3-8-11(14-9)15(6-2-1-5-13)10(16)7-17-8/h3-4H,1-2,5-7,13H2. The monoisotopic (exact) mass is 299 g/mol. The summed E-state index contributed by atoms with van der Waals surface area (Å²) in [4.78, 5) is 17.7. The first-order valence-electron chi connectivity index (χ1n) is 5.52. The fourth-order valence-electron chi connectivity index (χ4n) is 1.70. The number of aromatic nitrogens is 1. The Morgan fingerprint density at radius 3 is 3.06 bits per heavy atom. The molecule has 0 saturated heterocycles. The number of fused-ring (bicyclic) bond motifs is 1. The van der Waals surface area contributed by atoms with E-state index in [1.54, 1.807) is 11.0 Å². The van der Waals surface area contributed by atoms with E-state index >= 15 is 0 Å². The lowest BCUT2D eigenvalue weighted by Gasteiger charge is -2.28. The second kappa shape index (κ2) is 5.46. The molecule has 0 fully saturated rings. The van der Waals surface area contributed by atoms with Gasteiger partial charge in [-0.05, 0) is 47.4 Å². The highest BCUT2D eigenvalue weighted by molar-refractivity contribution is 9.10. The molecule has 0 bridgehead atoms. The van der Waals surface area contributed by atoms with Crippen molar-refractivity contribution in [1.82, 2.24) is 4.98 Å². The van der Waals surface area contributed by atoms with Crippen molar-refractivity contribution in [3.05, 3.63) is 16.7 Å². The SMILES string of the molecule is NCCCCN1C(=O)COc2ccc(Br)nc21. The molecule has 0 aliphatic carbocycles. The van der Waals surface area contributed by atoms with Gasteiger partial charge in [0.2, 0.25) is 0 Å². The minimum absolute atomic E-state index is 0.0554. The van der Waals surface area contributed by atoms with Gasteiger partial charge in [-0.3, -0.25) is 9.69 Å². The Bertz CT molecular complexity index is 425. The van der Waals surface area contributed by atoms with Crippen LogP contribution in [0.25, 0.3) is 0 Å². The summed E-state index contributed by atoms with van der Waals surface area (Å²) < 4.78 is 6.02. The lowest BCUT2D eigenvalue weighted by molar-refractivity contribution is -0.121. The molecule has 1 aliphatic rings. The van der Waals surface area contributed by atoms with Crippen molar-refractivity contribution in [1.29, 1.82) is 0 Å². The Labute approximate surface area is 108 Å². The first-order valence-corrected chi connectivity index (χ1v) is 6.31. The van der Waals surface area contributed by atoms with E-state index in [-0.39, 0.29) is 12.5 Å². The van der Waals surface area contributed by atoms with Crippen molar-refractivity contribution in [2.45, 2.75) is 12.8 Å². The number of unbranched alkanes of at least 4 members (excludes halogenated alkanes) is 1. The number of nitrogens with two attached hydrogens (primary N) is 1. The van der Waals surface area contributed by atoms with Crippen molar-refractivity contribution in [3.8, 4) is 5.75 Å². The topological polar surface area (TPSA) is 68.5 Å². The molecule has 17 heavy (non-hydrogen) atoms. The molecule has 5 nitrogen and oxygen atoms in total. The third-order valence-electron chi connectivity index (χ3n) is 2.55. The Kier molecular flexibility index (Phi) is 3.96. The second-order valence-corrected chi connectivity index (χ2v) is 4.60. The van der Waals surface area contributed by atoms with Crippen LogP contribution in [0.2, 0.25) is 0 Å². The molecule has 6 heteroatoms. The van der Waals surface area contributed by atoms with Crippen LogP contribution in [-0.4, -0.2) is 30.6 Å². The van der Waals surface area contributed by atoms with Gasteiger partial charge in [0.1, 0.15) is 4.60 Å². The first kappa shape index (κ1) is 12.3. The summed E-state index contributed by atoms with van der Waals surface area (Å²) in [6, 6.07) is 3.61. The Balaban J connectivity index is 2.20. The van der Waals surface area contributed by atoms with Crippen LogP contribution in [0.15, 0.2) is 16.7 Å². The minimum atomic E-state index is -0.0554. The summed E-state index contributed by atoms with van der Waals surface area (Å²) in [5.41, 5.74) is 5.45. The van der Waals surface area contributed by atoms with Crippen molar-refractivity contribution in [2.75, 3.05) is 24.6 Å². The first-order chi connectivity index (χ1) is 8.22. The average Bonchev–Trinajstić information content (AvgIpc) is 2.32. The summed E-state index contributed by atoms with van der Waals surface area (Å²) in [5.74, 6) is 1.19. The number of amides is 1. The van der Waals surface area contributed by atoms with Gasteiger partial charge in [-0.15, -0.1) is 0 Å². The van der Waals surface area contributed by atoms with Crippen LogP contribution in [0.1, 0.15) is 12.8 Å². The summed E-state index contributed by atoms with van der Waals surface area (Å²) in [5, 5.41) is 0. The zero-order chi connectivity index (χ0) is 12.3. The van der Waals surface area contributed by atoms with Gasteiger partial charge in [0.25, 0.3) is 5.91 Å². The van der Waals surface area contributed by atoms with Gasteiger partial charge in [-0.1, -0.05) is 0 Å². The van der Waals surface area contributed by atoms with Gasteiger partial charge in [0, 0.05) is 6.54 Å². The number of ether oxygens (including phenoxy) is 1. The fourth-order valence-corrected chi connectivity index (χ4v) is 2.00. The van der Waals surface area contributed by atoms with Gasteiger partial charge in [-0.2, -0.15) is 0 Å². The summed E-state index contributed by atoms with van der Waals surface area (Å²) >= 11 is 3.30. The number of carbonyl (C=O) groups is 1. The predicted molar refractivity (Wildman–Crippen MR) is 68.1 cm³/mol. The van der Waals surface area contributed by atoms with E-state index in [0.29, 0.717) is 29.3 Å². The van der Waals surface area contributed by atoms with Gasteiger partial charge in [0.05, 0.1) is 0 Å². The molecule has 2 N–H and O–H groups in total. The number of rotatable bonds is 4. The Hall–Kier alpha value is -1.14. The van der Waals surface area contributed by atoms with Crippen LogP contribution in [0, 0.1) is 0 Å². The van der Waals surface area contributed by atoms with Crippen molar-refractivity contribution in [2.24, 2.45) is 5.73 Å². The summed E-state index contributed by atoms with van der Waals surface area (Å²) in [7, 11) is 0. The number of anilines is 1. The van der Waals surface area contributed by atoms with Crippen molar-refractivity contribution >= 4 is 27.7 Å². The van der Waals surface area contributed by atoms with E-state index in [1.807, 2.05) is 6.07 Å². The molecular weight excluding hydrogens is 286 g/mol. The molecule has 0 unspecified atom stereocenters. The van der Waals surface area contributed by atoms with Gasteiger partial charge < -0.3 is 10.5 Å². The minimum Gasteiger partial charge on any atom is -0.480 e. The second-order valence-electron chi connectivity index (χ2n) is 3.79. The van der Waals surface area contributed by atoms with Crippen LogP contribution in [0.5, 0.6) is 5.75 Å². The molecule has 2 heterocycles. The van der Waals surface area contributed by atoms with E-state index < -0.39 is 0 Å². The molecule has 0 aromatic carbocycles. The summed E-state index contributed by atoms with van der Waals surface area (Å²) in [6.45, 7) is 1.35. The quantitative estimate of drug-likeness (QED) is 0.672. The number of carbonyl (C=O) groups excluding carboxylic acids is 1. The van der Waals surface area contributed by atoms with E-state index in [0.717, 1.165) is 12.8 Å². The molecular formula is C11H14BrN3O2. The Morgan fingerprint density at radius 1 is 1.47 bits per heavy atom. The maximum Gasteiger partial charge on any atom is 0.266 e. The lowest BCUT2D eigenvalue weighted by Crippen LogP contribution is -2.40. The van der Waals surface area contributed by atoms with Crippen LogP contribution in [-0.2, 0) is 4.79 Å². The zero-order valence-electron chi connectivity index (χ0n) is 9.36. The van der Waals surface area contributed by atoms with E-state index in [1.165, 1.54) is 0 Å². The van der Waals surface area contributed by atoms with E-state index in [9.17, 15) is 4.79 Å².